The van der Waals surface area contributed by atoms with Crippen molar-refractivity contribution in [2.24, 2.45) is 0 Å². The molecule has 0 fully saturated rings. The van der Waals surface area contributed by atoms with Crippen molar-refractivity contribution in [2.75, 3.05) is 5.32 Å². The highest BCUT2D eigenvalue weighted by molar-refractivity contribution is 5.50. The van der Waals surface area contributed by atoms with E-state index < -0.39 is 29.7 Å². The maximum Gasteiger partial charge on any atom is 0.573 e. The van der Waals surface area contributed by atoms with Gasteiger partial charge in [-0.2, -0.15) is 13.2 Å². The van der Waals surface area contributed by atoms with Gasteiger partial charge in [0.25, 0.3) is 0 Å². The molecule has 1 N–H and O–H groups in total. The summed E-state index contributed by atoms with van der Waals surface area (Å²) in [5.41, 5.74) is -0.751. The summed E-state index contributed by atoms with van der Waals surface area (Å²) >= 11 is 0. The zero-order chi connectivity index (χ0) is 22.6. The van der Waals surface area contributed by atoms with Crippen LogP contribution < -0.4 is 14.8 Å². The van der Waals surface area contributed by atoms with E-state index in [1.807, 2.05) is 0 Å². The van der Waals surface area contributed by atoms with Gasteiger partial charge in [-0.3, -0.25) is 0 Å². The van der Waals surface area contributed by atoms with Gasteiger partial charge in [0.1, 0.15) is 23.1 Å². The van der Waals surface area contributed by atoms with E-state index >= 15 is 0 Å². The first kappa shape index (κ1) is 22.3. The second-order valence-electron chi connectivity index (χ2n) is 6.31. The predicted molar refractivity (Wildman–Crippen MR) is 98.4 cm³/mol. The van der Waals surface area contributed by atoms with E-state index in [2.05, 4.69) is 10.1 Å². The van der Waals surface area contributed by atoms with Gasteiger partial charge < -0.3 is 14.8 Å². The second-order valence-corrected chi connectivity index (χ2v) is 6.31. The van der Waals surface area contributed by atoms with E-state index in [0.29, 0.717) is 11.8 Å². The van der Waals surface area contributed by atoms with Crippen LogP contribution in [0.25, 0.3) is 0 Å². The van der Waals surface area contributed by atoms with Crippen molar-refractivity contribution in [1.82, 2.24) is 0 Å². The van der Waals surface area contributed by atoms with Crippen LogP contribution in [0.4, 0.5) is 36.4 Å². The summed E-state index contributed by atoms with van der Waals surface area (Å²) in [6.07, 6.45) is -9.44. The van der Waals surface area contributed by atoms with E-state index in [1.165, 1.54) is 24.3 Å². The second kappa shape index (κ2) is 8.75. The molecule has 0 atom stereocenters. The molecule has 0 bridgehead atoms. The van der Waals surface area contributed by atoms with Crippen molar-refractivity contribution >= 4 is 5.69 Å². The summed E-state index contributed by atoms with van der Waals surface area (Å²) in [6, 6.07) is 13.1. The third kappa shape index (κ3) is 6.53. The van der Waals surface area contributed by atoms with Crippen molar-refractivity contribution in [2.45, 2.75) is 19.1 Å². The lowest BCUT2D eigenvalue weighted by Gasteiger charge is -2.13. The van der Waals surface area contributed by atoms with Crippen molar-refractivity contribution in [3.05, 3.63) is 83.7 Å². The van der Waals surface area contributed by atoms with Crippen LogP contribution in [0.3, 0.4) is 0 Å². The van der Waals surface area contributed by atoms with Crippen LogP contribution >= 0.6 is 0 Å². The molecule has 0 saturated carbocycles. The molecule has 0 heterocycles. The first-order chi connectivity index (χ1) is 14.5. The van der Waals surface area contributed by atoms with Gasteiger partial charge in [-0.05, 0) is 42.5 Å². The van der Waals surface area contributed by atoms with Crippen LogP contribution in [0.5, 0.6) is 17.2 Å². The number of ether oxygens (including phenoxy) is 2. The van der Waals surface area contributed by atoms with Crippen LogP contribution in [0.1, 0.15) is 11.1 Å². The first-order valence-electron chi connectivity index (χ1n) is 8.73. The Bertz CT molecular complexity index is 1050. The van der Waals surface area contributed by atoms with Gasteiger partial charge in [-0.1, -0.05) is 12.1 Å². The zero-order valence-electron chi connectivity index (χ0n) is 15.5. The molecule has 10 heteroatoms. The summed E-state index contributed by atoms with van der Waals surface area (Å²) in [6.45, 7) is -0.228. The van der Waals surface area contributed by atoms with E-state index in [-0.39, 0.29) is 23.6 Å². The molecular weight excluding hydrogens is 431 g/mol. The Morgan fingerprint density at radius 3 is 2.06 bits per heavy atom. The fraction of sp³-hybridized carbons (Fsp3) is 0.143. The number of hydrogen-bond donors (Lipinski definition) is 1. The normalized spacial score (nSPS) is 11.8. The highest BCUT2D eigenvalue weighted by Crippen LogP contribution is 2.32. The minimum absolute atomic E-state index is 0.0721. The molecule has 0 aliphatic heterocycles. The topological polar surface area (TPSA) is 30.5 Å². The average Bonchev–Trinajstić information content (AvgIpc) is 2.66. The van der Waals surface area contributed by atoms with E-state index in [9.17, 15) is 30.7 Å². The Labute approximate surface area is 172 Å². The van der Waals surface area contributed by atoms with Crippen LogP contribution in [0.2, 0.25) is 0 Å². The van der Waals surface area contributed by atoms with Crippen LogP contribution in [0.15, 0.2) is 66.7 Å². The number of rotatable bonds is 6. The molecule has 3 aromatic carbocycles. The Hall–Kier alpha value is -3.43. The molecule has 0 spiro atoms. The average molecular weight is 445 g/mol. The van der Waals surface area contributed by atoms with E-state index in [1.54, 1.807) is 12.1 Å². The van der Waals surface area contributed by atoms with Gasteiger partial charge in [0.05, 0.1) is 5.56 Å². The maximum atomic E-state index is 13.9. The Balaban J connectivity index is 1.70. The quantitative estimate of drug-likeness (QED) is 0.409. The predicted octanol–water partition coefficient (Wildman–Crippen LogP) is 7.15. The molecule has 0 aromatic heterocycles. The zero-order valence-corrected chi connectivity index (χ0v) is 15.5. The van der Waals surface area contributed by atoms with Gasteiger partial charge >= 0.3 is 12.5 Å². The molecule has 31 heavy (non-hydrogen) atoms. The van der Waals surface area contributed by atoms with E-state index in [4.69, 9.17) is 4.74 Å². The molecule has 0 radical (unpaired) electrons. The number of nitrogens with one attached hydrogen (secondary N) is 1. The highest BCUT2D eigenvalue weighted by Gasteiger charge is 2.31. The Kier molecular flexibility index (Phi) is 6.28. The lowest BCUT2D eigenvalue weighted by atomic mass is 10.1. The number of hydrogen-bond acceptors (Lipinski definition) is 3. The van der Waals surface area contributed by atoms with Gasteiger partial charge in [0.2, 0.25) is 0 Å². The monoisotopic (exact) mass is 445 g/mol. The minimum Gasteiger partial charge on any atom is -0.457 e. The standard InChI is InChI=1S/C21H14F7NO2/c22-19-8-7-14(20(23,24)25)9-13(19)12-29-15-3-1-4-16(10-15)30-17-5-2-6-18(11-17)31-21(26,27)28/h1-11,29H,12H2. The minimum atomic E-state index is -4.85. The molecule has 0 amide bonds. The molecule has 3 nitrogen and oxygen atoms in total. The number of halogens is 7. The molecule has 0 unspecified atom stereocenters. The summed E-state index contributed by atoms with van der Waals surface area (Å²) in [4.78, 5) is 0. The smallest absolute Gasteiger partial charge is 0.457 e. The van der Waals surface area contributed by atoms with Gasteiger partial charge in [-0.15, -0.1) is 13.2 Å². The number of benzene rings is 3. The third-order valence-corrected chi connectivity index (χ3v) is 3.96. The summed E-state index contributed by atoms with van der Waals surface area (Å²) in [7, 11) is 0. The molecule has 0 aliphatic rings. The lowest BCUT2D eigenvalue weighted by Crippen LogP contribution is -2.17. The fourth-order valence-electron chi connectivity index (χ4n) is 2.62. The van der Waals surface area contributed by atoms with Gasteiger partial charge in [-0.25, -0.2) is 4.39 Å². The summed E-state index contributed by atoms with van der Waals surface area (Å²) in [5.74, 6) is -0.949. The summed E-state index contributed by atoms with van der Waals surface area (Å²) < 4.78 is 98.6. The Morgan fingerprint density at radius 1 is 0.742 bits per heavy atom. The Morgan fingerprint density at radius 2 is 1.39 bits per heavy atom. The molecule has 3 aromatic rings. The third-order valence-electron chi connectivity index (χ3n) is 3.96. The van der Waals surface area contributed by atoms with E-state index in [0.717, 1.165) is 24.3 Å². The molecule has 3 rings (SSSR count). The van der Waals surface area contributed by atoms with Crippen LogP contribution in [-0.2, 0) is 12.7 Å². The summed E-state index contributed by atoms with van der Waals surface area (Å²) in [5, 5.41) is 2.79. The van der Waals surface area contributed by atoms with Crippen molar-refractivity contribution in [3.63, 3.8) is 0 Å². The number of alkyl halides is 6. The van der Waals surface area contributed by atoms with Crippen LogP contribution in [0, 0.1) is 5.82 Å². The first-order valence-corrected chi connectivity index (χ1v) is 8.73. The SMILES string of the molecule is Fc1ccc(C(F)(F)F)cc1CNc1cccc(Oc2cccc(OC(F)(F)F)c2)c1. The molecule has 0 saturated heterocycles. The highest BCUT2D eigenvalue weighted by atomic mass is 19.4. The van der Waals surface area contributed by atoms with Gasteiger partial charge in [0.15, 0.2) is 0 Å². The van der Waals surface area contributed by atoms with Crippen molar-refractivity contribution in [1.29, 1.82) is 0 Å². The van der Waals surface area contributed by atoms with Gasteiger partial charge in [0, 0.05) is 29.9 Å². The molecule has 164 valence electrons. The fourth-order valence-corrected chi connectivity index (χ4v) is 2.62. The number of anilines is 1. The maximum absolute atomic E-state index is 13.9. The van der Waals surface area contributed by atoms with Crippen molar-refractivity contribution in [3.8, 4) is 17.2 Å². The van der Waals surface area contributed by atoms with Crippen molar-refractivity contribution < 1.29 is 40.2 Å². The molecule has 0 aliphatic carbocycles. The van der Waals surface area contributed by atoms with Crippen LogP contribution in [-0.4, -0.2) is 6.36 Å². The molecular formula is C21H14F7NO2. The largest absolute Gasteiger partial charge is 0.573 e. The lowest BCUT2D eigenvalue weighted by molar-refractivity contribution is -0.274.